The Labute approximate surface area is 137 Å². The van der Waals surface area contributed by atoms with Crippen LogP contribution < -0.4 is 0 Å². The van der Waals surface area contributed by atoms with Gasteiger partial charge in [-0.1, -0.05) is 36.4 Å². The molecule has 2 aromatic carbocycles. The highest BCUT2D eigenvalue weighted by Gasteiger charge is 2.07. The van der Waals surface area contributed by atoms with E-state index in [9.17, 15) is 5.11 Å². The van der Waals surface area contributed by atoms with Gasteiger partial charge in [0.1, 0.15) is 11.4 Å². The molecule has 0 aliphatic heterocycles. The number of aromatic hydroxyl groups is 1. The highest BCUT2D eigenvalue weighted by molar-refractivity contribution is 7.22. The first kappa shape index (κ1) is 13.8. The summed E-state index contributed by atoms with van der Waals surface area (Å²) in [4.78, 5) is 1.16. The quantitative estimate of drug-likeness (QED) is 0.547. The third-order valence-corrected chi connectivity index (χ3v) is 4.76. The zero-order valence-electron chi connectivity index (χ0n) is 12.2. The van der Waals surface area contributed by atoms with Gasteiger partial charge in [-0.25, -0.2) is 0 Å². The van der Waals surface area contributed by atoms with E-state index in [1.165, 1.54) is 10.1 Å². The molecule has 0 saturated carbocycles. The van der Waals surface area contributed by atoms with Gasteiger partial charge in [0.25, 0.3) is 0 Å². The van der Waals surface area contributed by atoms with E-state index >= 15 is 0 Å². The lowest BCUT2D eigenvalue weighted by atomic mass is 10.2. The first-order chi connectivity index (χ1) is 11.3. The molecule has 4 heteroatoms. The molecule has 0 atom stereocenters. The SMILES string of the molecule is Oc1ccc(C=Cc2cc(-c3cc4ccccc4s3)n[nH]2)cc1. The fourth-order valence-corrected chi connectivity index (χ4v) is 3.45. The number of rotatable bonds is 3. The van der Waals surface area contributed by atoms with E-state index in [2.05, 4.69) is 40.5 Å². The van der Waals surface area contributed by atoms with Crippen molar-refractivity contribution in [2.24, 2.45) is 0 Å². The van der Waals surface area contributed by atoms with Gasteiger partial charge < -0.3 is 5.11 Å². The Morgan fingerprint density at radius 1 is 0.957 bits per heavy atom. The van der Waals surface area contributed by atoms with Gasteiger partial charge in [-0.2, -0.15) is 5.10 Å². The van der Waals surface area contributed by atoms with Crippen LogP contribution in [-0.4, -0.2) is 15.3 Å². The van der Waals surface area contributed by atoms with Crippen LogP contribution in [0.4, 0.5) is 0 Å². The molecule has 0 radical (unpaired) electrons. The first-order valence-corrected chi connectivity index (χ1v) is 8.11. The summed E-state index contributed by atoms with van der Waals surface area (Å²) in [6.07, 6.45) is 3.97. The van der Waals surface area contributed by atoms with Crippen LogP contribution in [0.2, 0.25) is 0 Å². The maximum atomic E-state index is 9.29. The van der Waals surface area contributed by atoms with Crippen LogP contribution in [0.5, 0.6) is 5.75 Å². The number of phenolic OH excluding ortho intramolecular Hbond substituents is 1. The molecule has 2 heterocycles. The van der Waals surface area contributed by atoms with Crippen molar-refractivity contribution in [3.05, 3.63) is 71.9 Å². The summed E-state index contributed by atoms with van der Waals surface area (Å²) in [5.41, 5.74) is 2.93. The molecule has 2 N–H and O–H groups in total. The van der Waals surface area contributed by atoms with Crippen LogP contribution in [0.3, 0.4) is 0 Å². The van der Waals surface area contributed by atoms with Gasteiger partial charge >= 0.3 is 0 Å². The summed E-state index contributed by atoms with van der Waals surface area (Å²) >= 11 is 1.75. The fourth-order valence-electron chi connectivity index (χ4n) is 2.43. The zero-order chi connectivity index (χ0) is 15.6. The van der Waals surface area contributed by atoms with E-state index in [4.69, 9.17) is 0 Å². The molecule has 23 heavy (non-hydrogen) atoms. The average Bonchev–Trinajstić information content (AvgIpc) is 3.21. The lowest BCUT2D eigenvalue weighted by Gasteiger charge is -1.93. The van der Waals surface area contributed by atoms with Crippen molar-refractivity contribution in [1.82, 2.24) is 10.2 Å². The normalized spacial score (nSPS) is 11.5. The van der Waals surface area contributed by atoms with Crippen molar-refractivity contribution < 1.29 is 5.11 Å². The van der Waals surface area contributed by atoms with E-state index in [1.54, 1.807) is 23.5 Å². The number of hydrogen-bond donors (Lipinski definition) is 2. The molecule has 4 rings (SSSR count). The van der Waals surface area contributed by atoms with Gasteiger partial charge in [0, 0.05) is 4.70 Å². The van der Waals surface area contributed by atoms with Crippen molar-refractivity contribution in [1.29, 1.82) is 0 Å². The van der Waals surface area contributed by atoms with Gasteiger partial charge in [-0.3, -0.25) is 5.10 Å². The van der Waals surface area contributed by atoms with Gasteiger partial charge in [0.2, 0.25) is 0 Å². The van der Waals surface area contributed by atoms with Crippen LogP contribution in [-0.2, 0) is 0 Å². The van der Waals surface area contributed by atoms with Crippen LogP contribution in [0.15, 0.2) is 60.7 Å². The lowest BCUT2D eigenvalue weighted by Crippen LogP contribution is -1.73. The second-order valence-electron chi connectivity index (χ2n) is 5.28. The molecule has 0 spiro atoms. The van der Waals surface area contributed by atoms with Crippen molar-refractivity contribution in [2.75, 3.05) is 0 Å². The molecule has 3 nitrogen and oxygen atoms in total. The molecule has 0 saturated heterocycles. The number of hydrogen-bond acceptors (Lipinski definition) is 3. The van der Waals surface area contributed by atoms with E-state index < -0.39 is 0 Å². The van der Waals surface area contributed by atoms with E-state index in [0.29, 0.717) is 0 Å². The summed E-state index contributed by atoms with van der Waals surface area (Å²) in [6, 6.07) is 19.7. The number of nitrogens with zero attached hydrogens (tertiary/aromatic N) is 1. The second-order valence-corrected chi connectivity index (χ2v) is 6.37. The summed E-state index contributed by atoms with van der Waals surface area (Å²) in [7, 11) is 0. The number of H-pyrrole nitrogens is 1. The number of aromatic nitrogens is 2. The van der Waals surface area contributed by atoms with Gasteiger partial charge in [0.05, 0.1) is 10.6 Å². The largest absolute Gasteiger partial charge is 0.508 e. The Morgan fingerprint density at radius 3 is 2.61 bits per heavy atom. The van der Waals surface area contributed by atoms with Crippen molar-refractivity contribution in [3.63, 3.8) is 0 Å². The average molecular weight is 318 g/mol. The summed E-state index contributed by atoms with van der Waals surface area (Å²) < 4.78 is 1.27. The Hall–Kier alpha value is -2.85. The molecule has 112 valence electrons. The second kappa shape index (κ2) is 5.74. The molecule has 4 aromatic rings. The molecular formula is C19H14N2OS. The van der Waals surface area contributed by atoms with E-state index in [-0.39, 0.29) is 5.75 Å². The highest BCUT2D eigenvalue weighted by atomic mass is 32.1. The summed E-state index contributed by atoms with van der Waals surface area (Å²) in [5, 5.41) is 18.0. The Balaban J connectivity index is 1.59. The predicted molar refractivity (Wildman–Crippen MR) is 96.4 cm³/mol. The molecule has 0 amide bonds. The molecule has 0 unspecified atom stereocenters. The number of benzene rings is 2. The van der Waals surface area contributed by atoms with Crippen LogP contribution in [0, 0.1) is 0 Å². The fraction of sp³-hybridized carbons (Fsp3) is 0. The van der Waals surface area contributed by atoms with Crippen LogP contribution >= 0.6 is 11.3 Å². The molecule has 2 aromatic heterocycles. The smallest absolute Gasteiger partial charge is 0.115 e. The number of thiophene rings is 1. The number of aromatic amines is 1. The number of nitrogens with one attached hydrogen (secondary N) is 1. The summed E-state index contributed by atoms with van der Waals surface area (Å²) in [5.74, 6) is 0.274. The Bertz CT molecular complexity index is 947. The minimum atomic E-state index is 0.274. The molecular weight excluding hydrogens is 304 g/mol. The van der Waals surface area contributed by atoms with Crippen molar-refractivity contribution in [2.45, 2.75) is 0 Å². The van der Waals surface area contributed by atoms with Gasteiger partial charge in [0.15, 0.2) is 0 Å². The standard InChI is InChI=1S/C19H14N2OS/c22-16-9-6-13(7-10-16)5-8-15-12-17(21-20-15)19-11-14-3-1-2-4-18(14)23-19/h1-12,22H,(H,20,21). The highest BCUT2D eigenvalue weighted by Crippen LogP contribution is 2.32. The van der Waals surface area contributed by atoms with Crippen LogP contribution in [0.25, 0.3) is 32.8 Å². The maximum absolute atomic E-state index is 9.29. The third kappa shape index (κ3) is 2.89. The first-order valence-electron chi connectivity index (χ1n) is 7.29. The Kier molecular flexibility index (Phi) is 3.44. The topological polar surface area (TPSA) is 48.9 Å². The molecule has 0 fully saturated rings. The minimum absolute atomic E-state index is 0.274. The summed E-state index contributed by atoms with van der Waals surface area (Å²) in [6.45, 7) is 0. The number of fused-ring (bicyclic) bond motifs is 1. The maximum Gasteiger partial charge on any atom is 0.115 e. The molecule has 0 aliphatic carbocycles. The molecule has 0 bridgehead atoms. The number of phenols is 1. The minimum Gasteiger partial charge on any atom is -0.508 e. The Morgan fingerprint density at radius 2 is 1.78 bits per heavy atom. The molecule has 0 aliphatic rings. The van der Waals surface area contributed by atoms with E-state index in [0.717, 1.165) is 21.8 Å². The van der Waals surface area contributed by atoms with E-state index in [1.807, 2.05) is 30.4 Å². The van der Waals surface area contributed by atoms with Crippen molar-refractivity contribution >= 4 is 33.6 Å². The lowest BCUT2D eigenvalue weighted by molar-refractivity contribution is 0.475. The third-order valence-electron chi connectivity index (χ3n) is 3.62. The monoisotopic (exact) mass is 318 g/mol. The van der Waals surface area contributed by atoms with Crippen molar-refractivity contribution in [3.8, 4) is 16.3 Å². The zero-order valence-corrected chi connectivity index (χ0v) is 13.0. The van der Waals surface area contributed by atoms with Crippen LogP contribution in [0.1, 0.15) is 11.3 Å². The van der Waals surface area contributed by atoms with Gasteiger partial charge in [-0.05, 0) is 47.4 Å². The van der Waals surface area contributed by atoms with Gasteiger partial charge in [-0.15, -0.1) is 11.3 Å². The predicted octanol–water partition coefficient (Wildman–Crippen LogP) is 5.17.